The maximum Gasteiger partial charge on any atom is 0.309 e. The summed E-state index contributed by atoms with van der Waals surface area (Å²) in [6.45, 7) is 6.92. The molecule has 7 heteroatoms. The van der Waals surface area contributed by atoms with Gasteiger partial charge in [0, 0.05) is 26.7 Å². The lowest BCUT2D eigenvalue weighted by Gasteiger charge is -2.34. The third-order valence-electron chi connectivity index (χ3n) is 5.53. The summed E-state index contributed by atoms with van der Waals surface area (Å²) in [5.41, 5.74) is 0. The number of guanidine groups is 1. The molecule has 0 aromatic carbocycles. The van der Waals surface area contributed by atoms with Crippen molar-refractivity contribution in [2.45, 2.75) is 38.6 Å². The highest BCUT2D eigenvalue weighted by Gasteiger charge is 2.29. The zero-order valence-corrected chi connectivity index (χ0v) is 16.5. The molecule has 1 atom stereocenters. The van der Waals surface area contributed by atoms with E-state index in [4.69, 9.17) is 9.15 Å². The molecule has 0 saturated carbocycles. The molecule has 0 aliphatic carbocycles. The summed E-state index contributed by atoms with van der Waals surface area (Å²) in [7, 11) is 1.82. The predicted molar refractivity (Wildman–Crippen MR) is 105 cm³/mol. The van der Waals surface area contributed by atoms with Gasteiger partial charge in [-0.15, -0.1) is 0 Å². The summed E-state index contributed by atoms with van der Waals surface area (Å²) in [5, 5.41) is 3.53. The minimum atomic E-state index is -0.0630. The predicted octanol–water partition coefficient (Wildman–Crippen LogP) is 2.27. The molecule has 2 aliphatic heterocycles. The number of furan rings is 1. The average molecular weight is 377 g/mol. The van der Waals surface area contributed by atoms with Crippen LogP contribution in [-0.4, -0.2) is 68.1 Å². The molecular weight excluding hydrogens is 344 g/mol. The molecule has 2 saturated heterocycles. The van der Waals surface area contributed by atoms with Gasteiger partial charge in [0.15, 0.2) is 5.96 Å². The number of ether oxygens (including phenoxy) is 1. The number of carbonyl (C=O) groups excluding carboxylic acids is 1. The van der Waals surface area contributed by atoms with E-state index >= 15 is 0 Å². The minimum Gasteiger partial charge on any atom is -0.468 e. The molecule has 0 spiro atoms. The largest absolute Gasteiger partial charge is 0.468 e. The highest BCUT2D eigenvalue weighted by Crippen LogP contribution is 2.25. The van der Waals surface area contributed by atoms with Gasteiger partial charge >= 0.3 is 5.97 Å². The van der Waals surface area contributed by atoms with E-state index in [1.807, 2.05) is 20.0 Å². The lowest BCUT2D eigenvalue weighted by Crippen LogP contribution is -2.48. The standard InChI is InChI=1S/C20H32N4O3/c1-3-26-19(25)16-8-12-24(13-9-16)20(21-2)22-15-17(18-7-6-14-27-18)23-10-4-5-11-23/h6-7,14,16-17H,3-5,8-13,15H2,1-2H3,(H,21,22). The van der Waals surface area contributed by atoms with Gasteiger partial charge in [0.25, 0.3) is 0 Å². The van der Waals surface area contributed by atoms with E-state index in [0.717, 1.165) is 57.3 Å². The fourth-order valence-corrected chi connectivity index (χ4v) is 4.05. The Labute approximate surface area is 161 Å². The Morgan fingerprint density at radius 2 is 2.07 bits per heavy atom. The van der Waals surface area contributed by atoms with Crippen molar-refractivity contribution < 1.29 is 13.9 Å². The number of hydrogen-bond donors (Lipinski definition) is 1. The number of hydrogen-bond acceptors (Lipinski definition) is 5. The smallest absolute Gasteiger partial charge is 0.309 e. The first-order valence-corrected chi connectivity index (χ1v) is 10.1. The molecule has 0 bridgehead atoms. The van der Waals surface area contributed by atoms with Crippen molar-refractivity contribution in [1.29, 1.82) is 0 Å². The molecule has 7 nitrogen and oxygen atoms in total. The zero-order valence-electron chi connectivity index (χ0n) is 16.5. The van der Waals surface area contributed by atoms with Crippen molar-refractivity contribution in [3.05, 3.63) is 24.2 Å². The van der Waals surface area contributed by atoms with Crippen LogP contribution in [0.1, 0.15) is 44.4 Å². The first-order chi connectivity index (χ1) is 13.2. The first-order valence-electron chi connectivity index (χ1n) is 10.1. The van der Waals surface area contributed by atoms with Gasteiger partial charge in [0.1, 0.15) is 5.76 Å². The van der Waals surface area contributed by atoms with Crippen LogP contribution in [-0.2, 0) is 9.53 Å². The maximum absolute atomic E-state index is 11.9. The molecule has 2 aliphatic rings. The number of piperidine rings is 1. The molecular formula is C20H32N4O3. The fourth-order valence-electron chi connectivity index (χ4n) is 4.05. The lowest BCUT2D eigenvalue weighted by molar-refractivity contribution is -0.149. The number of rotatable bonds is 6. The second-order valence-corrected chi connectivity index (χ2v) is 7.22. The van der Waals surface area contributed by atoms with Crippen molar-refractivity contribution in [1.82, 2.24) is 15.1 Å². The Kier molecular flexibility index (Phi) is 7.15. The van der Waals surface area contributed by atoms with Crippen LogP contribution in [0.5, 0.6) is 0 Å². The van der Waals surface area contributed by atoms with E-state index in [9.17, 15) is 4.79 Å². The number of nitrogens with one attached hydrogen (secondary N) is 1. The Balaban J connectivity index is 1.54. The van der Waals surface area contributed by atoms with Crippen molar-refractivity contribution in [3.8, 4) is 0 Å². The lowest BCUT2D eigenvalue weighted by atomic mass is 9.97. The molecule has 3 heterocycles. The first kappa shape index (κ1) is 19.7. The topological polar surface area (TPSA) is 70.3 Å². The molecule has 1 unspecified atom stereocenters. The molecule has 2 fully saturated rings. The van der Waals surface area contributed by atoms with Crippen LogP contribution < -0.4 is 5.32 Å². The van der Waals surface area contributed by atoms with E-state index in [-0.39, 0.29) is 17.9 Å². The Morgan fingerprint density at radius 3 is 2.67 bits per heavy atom. The summed E-state index contributed by atoms with van der Waals surface area (Å²) < 4.78 is 10.9. The van der Waals surface area contributed by atoms with E-state index in [1.165, 1.54) is 12.8 Å². The van der Waals surface area contributed by atoms with Gasteiger partial charge in [-0.3, -0.25) is 14.7 Å². The number of likely N-dealkylation sites (tertiary alicyclic amines) is 2. The Bertz CT molecular complexity index is 603. The monoisotopic (exact) mass is 376 g/mol. The fraction of sp³-hybridized carbons (Fsp3) is 0.700. The molecule has 1 N–H and O–H groups in total. The maximum atomic E-state index is 11.9. The number of esters is 1. The second kappa shape index (κ2) is 9.78. The molecule has 1 aromatic rings. The van der Waals surface area contributed by atoms with Crippen molar-refractivity contribution in [3.63, 3.8) is 0 Å². The third kappa shape index (κ3) is 5.03. The number of aliphatic imine (C=N–C) groups is 1. The molecule has 27 heavy (non-hydrogen) atoms. The average Bonchev–Trinajstić information content (AvgIpc) is 3.40. The molecule has 150 valence electrons. The second-order valence-electron chi connectivity index (χ2n) is 7.22. The highest BCUT2D eigenvalue weighted by atomic mass is 16.5. The Morgan fingerprint density at radius 1 is 1.33 bits per heavy atom. The third-order valence-corrected chi connectivity index (χ3v) is 5.53. The van der Waals surface area contributed by atoms with Gasteiger partial charge in [-0.05, 0) is 57.8 Å². The van der Waals surface area contributed by atoms with E-state index in [1.54, 1.807) is 6.26 Å². The van der Waals surface area contributed by atoms with Gasteiger partial charge in [0.05, 0.1) is 24.8 Å². The van der Waals surface area contributed by atoms with Gasteiger partial charge in [0.2, 0.25) is 0 Å². The van der Waals surface area contributed by atoms with Crippen LogP contribution in [0, 0.1) is 5.92 Å². The van der Waals surface area contributed by atoms with E-state index in [0.29, 0.717) is 6.61 Å². The van der Waals surface area contributed by atoms with Crippen molar-refractivity contribution in [2.75, 3.05) is 46.4 Å². The van der Waals surface area contributed by atoms with Crippen molar-refractivity contribution >= 4 is 11.9 Å². The summed E-state index contributed by atoms with van der Waals surface area (Å²) in [6.07, 6.45) is 5.86. The Hall–Kier alpha value is -2.02. The van der Waals surface area contributed by atoms with Gasteiger partial charge in [-0.25, -0.2) is 0 Å². The molecule has 0 radical (unpaired) electrons. The van der Waals surface area contributed by atoms with Crippen molar-refractivity contribution in [2.24, 2.45) is 10.9 Å². The summed E-state index contributed by atoms with van der Waals surface area (Å²) in [5.74, 6) is 1.85. The SMILES string of the molecule is CCOC(=O)C1CCN(C(=NC)NCC(c2ccco2)N2CCCC2)CC1. The van der Waals surface area contributed by atoms with Crippen LogP contribution in [0.4, 0.5) is 0 Å². The van der Waals surface area contributed by atoms with Crippen LogP contribution in [0.2, 0.25) is 0 Å². The number of nitrogens with zero attached hydrogens (tertiary/aromatic N) is 3. The highest BCUT2D eigenvalue weighted by molar-refractivity contribution is 5.80. The summed E-state index contributed by atoms with van der Waals surface area (Å²) in [6, 6.07) is 4.22. The van der Waals surface area contributed by atoms with Gasteiger partial charge < -0.3 is 19.4 Å². The summed E-state index contributed by atoms with van der Waals surface area (Å²) in [4.78, 5) is 21.1. The quantitative estimate of drug-likeness (QED) is 0.467. The van der Waals surface area contributed by atoms with Gasteiger partial charge in [-0.2, -0.15) is 0 Å². The molecule has 0 amide bonds. The normalized spacial score (nSPS) is 20.7. The van der Waals surface area contributed by atoms with Gasteiger partial charge in [-0.1, -0.05) is 0 Å². The van der Waals surface area contributed by atoms with Crippen LogP contribution >= 0.6 is 0 Å². The molecule has 3 rings (SSSR count). The van der Waals surface area contributed by atoms with Crippen LogP contribution in [0.25, 0.3) is 0 Å². The van der Waals surface area contributed by atoms with Crippen LogP contribution in [0.3, 0.4) is 0 Å². The number of carbonyl (C=O) groups is 1. The molecule has 1 aromatic heterocycles. The summed E-state index contributed by atoms with van der Waals surface area (Å²) >= 11 is 0. The van der Waals surface area contributed by atoms with E-state index < -0.39 is 0 Å². The zero-order chi connectivity index (χ0) is 19.1. The minimum absolute atomic E-state index is 0.0137. The van der Waals surface area contributed by atoms with E-state index in [2.05, 4.69) is 26.2 Å². The van der Waals surface area contributed by atoms with Crippen LogP contribution in [0.15, 0.2) is 27.8 Å².